The first-order valence-electron chi connectivity index (χ1n) is 7.24. The Morgan fingerprint density at radius 3 is 2.29 bits per heavy atom. The van der Waals surface area contributed by atoms with Crippen molar-refractivity contribution < 1.29 is 13.2 Å². The monoisotopic (exact) mass is 384 g/mol. The van der Waals surface area contributed by atoms with E-state index >= 15 is 0 Å². The van der Waals surface area contributed by atoms with E-state index in [1.54, 1.807) is 12.1 Å². The van der Waals surface area contributed by atoms with E-state index < -0.39 is 10.0 Å². The van der Waals surface area contributed by atoms with Gasteiger partial charge in [-0.25, -0.2) is 8.42 Å². The fraction of sp³-hybridized carbons (Fsp3) is 0.188. The predicted octanol–water partition coefficient (Wildman–Crippen LogP) is 3.69. The molecular weight excluding hydrogens is 371 g/mol. The number of nitrogens with one attached hydrogen (secondary N) is 2. The highest BCUT2D eigenvalue weighted by molar-refractivity contribution is 7.92. The molecule has 8 heteroatoms. The van der Waals surface area contributed by atoms with E-state index in [1.807, 2.05) is 0 Å². The molecule has 2 aromatic carbocycles. The van der Waals surface area contributed by atoms with Crippen LogP contribution in [0.25, 0.3) is 0 Å². The number of para-hydroxylation sites is 1. The molecule has 0 unspecified atom stereocenters. The van der Waals surface area contributed by atoms with Crippen LogP contribution in [0.1, 0.15) is 23.2 Å². The lowest BCUT2D eigenvalue weighted by Crippen LogP contribution is -2.25. The minimum atomic E-state index is -3.93. The Balaban J connectivity index is 1.88. The highest BCUT2D eigenvalue weighted by Gasteiger charge is 2.25. The Bertz CT molecular complexity index is 876. The van der Waals surface area contributed by atoms with E-state index in [1.165, 1.54) is 30.3 Å². The van der Waals surface area contributed by atoms with Gasteiger partial charge in [-0.15, -0.1) is 0 Å². The number of rotatable bonds is 5. The molecule has 1 amide bonds. The number of carbonyl (C=O) groups is 1. The van der Waals surface area contributed by atoms with Crippen LogP contribution in [0.2, 0.25) is 10.0 Å². The third-order valence-electron chi connectivity index (χ3n) is 3.52. The summed E-state index contributed by atoms with van der Waals surface area (Å²) in [6, 6.07) is 10.7. The van der Waals surface area contributed by atoms with Crippen LogP contribution in [0, 0.1) is 0 Å². The maximum Gasteiger partial charge on any atom is 0.262 e. The molecule has 1 fully saturated rings. The van der Waals surface area contributed by atoms with Crippen LogP contribution in [-0.2, 0) is 10.0 Å². The Morgan fingerprint density at radius 2 is 1.67 bits per heavy atom. The van der Waals surface area contributed by atoms with Crippen LogP contribution >= 0.6 is 23.2 Å². The number of halogens is 2. The van der Waals surface area contributed by atoms with Gasteiger partial charge in [-0.3, -0.25) is 9.52 Å². The second-order valence-electron chi connectivity index (χ2n) is 5.48. The molecule has 2 aromatic rings. The number of hydrogen-bond acceptors (Lipinski definition) is 3. The minimum Gasteiger partial charge on any atom is -0.349 e. The van der Waals surface area contributed by atoms with E-state index in [2.05, 4.69) is 10.0 Å². The maximum absolute atomic E-state index is 12.6. The predicted molar refractivity (Wildman–Crippen MR) is 94.2 cm³/mol. The molecule has 24 heavy (non-hydrogen) atoms. The van der Waals surface area contributed by atoms with E-state index in [0.717, 1.165) is 12.8 Å². The molecule has 0 aromatic heterocycles. The van der Waals surface area contributed by atoms with Gasteiger partial charge in [0.15, 0.2) is 0 Å². The van der Waals surface area contributed by atoms with Crippen molar-refractivity contribution in [3.63, 3.8) is 0 Å². The van der Waals surface area contributed by atoms with Crippen molar-refractivity contribution in [3.8, 4) is 0 Å². The number of benzene rings is 2. The van der Waals surface area contributed by atoms with Crippen LogP contribution in [0.5, 0.6) is 0 Å². The molecular formula is C16H14Cl2N2O3S. The third-order valence-corrected chi connectivity index (χ3v) is 5.50. The van der Waals surface area contributed by atoms with Crippen molar-refractivity contribution in [1.29, 1.82) is 0 Å². The summed E-state index contributed by atoms with van der Waals surface area (Å²) in [5.74, 6) is -0.287. The molecule has 1 aliphatic rings. The van der Waals surface area contributed by atoms with Crippen LogP contribution < -0.4 is 10.0 Å². The number of carbonyl (C=O) groups excluding carboxylic acids is 1. The van der Waals surface area contributed by atoms with Crippen LogP contribution in [-0.4, -0.2) is 20.4 Å². The molecule has 0 spiro atoms. The zero-order chi connectivity index (χ0) is 17.3. The minimum absolute atomic E-state index is 0.0399. The van der Waals surface area contributed by atoms with Crippen molar-refractivity contribution in [2.75, 3.05) is 4.72 Å². The molecule has 0 bridgehead atoms. The molecule has 0 atom stereocenters. The number of hydrogen-bond donors (Lipinski definition) is 2. The molecule has 0 heterocycles. The average molecular weight is 385 g/mol. The Morgan fingerprint density at radius 1 is 1.04 bits per heavy atom. The average Bonchev–Trinajstić information content (AvgIpc) is 3.35. The molecule has 2 N–H and O–H groups in total. The number of sulfonamides is 1. The molecule has 0 radical (unpaired) electrons. The lowest BCUT2D eigenvalue weighted by molar-refractivity contribution is 0.0951. The second kappa shape index (κ2) is 6.63. The van der Waals surface area contributed by atoms with Gasteiger partial charge < -0.3 is 5.32 Å². The van der Waals surface area contributed by atoms with Gasteiger partial charge in [0.1, 0.15) is 0 Å². The topological polar surface area (TPSA) is 75.3 Å². The van der Waals surface area contributed by atoms with Gasteiger partial charge in [-0.05, 0) is 43.2 Å². The Kier molecular flexibility index (Phi) is 4.71. The van der Waals surface area contributed by atoms with Crippen molar-refractivity contribution in [2.24, 2.45) is 0 Å². The summed E-state index contributed by atoms with van der Waals surface area (Å²) < 4.78 is 27.5. The van der Waals surface area contributed by atoms with Gasteiger partial charge in [-0.1, -0.05) is 35.3 Å². The zero-order valence-electron chi connectivity index (χ0n) is 12.4. The van der Waals surface area contributed by atoms with Gasteiger partial charge in [-0.2, -0.15) is 0 Å². The first kappa shape index (κ1) is 17.1. The summed E-state index contributed by atoms with van der Waals surface area (Å²) in [4.78, 5) is 12.0. The van der Waals surface area contributed by atoms with Gasteiger partial charge >= 0.3 is 0 Å². The van der Waals surface area contributed by atoms with Gasteiger partial charge in [0.05, 0.1) is 20.6 Å². The van der Waals surface area contributed by atoms with Crippen molar-refractivity contribution in [1.82, 2.24) is 5.32 Å². The van der Waals surface area contributed by atoms with E-state index in [-0.39, 0.29) is 38.1 Å². The Hall–Kier alpha value is -1.76. The first-order chi connectivity index (χ1) is 11.4. The molecule has 1 saturated carbocycles. The lowest BCUT2D eigenvalue weighted by Gasteiger charge is -2.12. The number of amides is 1. The standard InChI is InChI=1S/C16H14Cl2N2O3S/c17-13-5-2-6-14(18)15(13)20-24(22,23)12-4-1-3-10(9-12)16(21)19-11-7-8-11/h1-6,9,11,20H,7-8H2,(H,19,21). The molecule has 1 aliphatic carbocycles. The quantitative estimate of drug-likeness (QED) is 0.825. The van der Waals surface area contributed by atoms with Crippen LogP contribution in [0.4, 0.5) is 5.69 Å². The second-order valence-corrected chi connectivity index (χ2v) is 7.97. The van der Waals surface area contributed by atoms with Crippen LogP contribution in [0.15, 0.2) is 47.4 Å². The maximum atomic E-state index is 12.6. The fourth-order valence-electron chi connectivity index (χ4n) is 2.09. The lowest BCUT2D eigenvalue weighted by atomic mass is 10.2. The Labute approximate surface area is 150 Å². The number of anilines is 1. The summed E-state index contributed by atoms with van der Waals surface area (Å²) in [7, 11) is -3.93. The molecule has 126 valence electrons. The van der Waals surface area contributed by atoms with Crippen LogP contribution in [0.3, 0.4) is 0 Å². The summed E-state index contributed by atoms with van der Waals surface area (Å²) in [5.41, 5.74) is 0.392. The highest BCUT2D eigenvalue weighted by Crippen LogP contribution is 2.32. The highest BCUT2D eigenvalue weighted by atomic mass is 35.5. The van der Waals surface area contributed by atoms with Gasteiger partial charge in [0.25, 0.3) is 15.9 Å². The van der Waals surface area contributed by atoms with Crippen molar-refractivity contribution in [3.05, 3.63) is 58.1 Å². The van der Waals surface area contributed by atoms with Gasteiger partial charge in [0.2, 0.25) is 0 Å². The van der Waals surface area contributed by atoms with E-state index in [9.17, 15) is 13.2 Å². The fourth-order valence-corrected chi connectivity index (χ4v) is 3.84. The van der Waals surface area contributed by atoms with E-state index in [0.29, 0.717) is 0 Å². The van der Waals surface area contributed by atoms with Crippen molar-refractivity contribution >= 4 is 44.8 Å². The third kappa shape index (κ3) is 3.83. The molecule has 0 aliphatic heterocycles. The van der Waals surface area contributed by atoms with Gasteiger partial charge in [0, 0.05) is 11.6 Å². The summed E-state index contributed by atoms with van der Waals surface area (Å²) in [6.07, 6.45) is 1.91. The molecule has 3 rings (SSSR count). The SMILES string of the molecule is O=C(NC1CC1)c1cccc(S(=O)(=O)Nc2c(Cl)cccc2Cl)c1. The summed E-state index contributed by atoms with van der Waals surface area (Å²) in [5, 5.41) is 3.20. The van der Waals surface area contributed by atoms with Crippen molar-refractivity contribution in [2.45, 2.75) is 23.8 Å². The normalized spacial score (nSPS) is 14.2. The summed E-state index contributed by atoms with van der Waals surface area (Å²) in [6.45, 7) is 0. The summed E-state index contributed by atoms with van der Waals surface area (Å²) >= 11 is 12.0. The molecule has 5 nitrogen and oxygen atoms in total. The van der Waals surface area contributed by atoms with E-state index in [4.69, 9.17) is 23.2 Å². The molecule has 0 saturated heterocycles. The smallest absolute Gasteiger partial charge is 0.262 e. The largest absolute Gasteiger partial charge is 0.349 e. The zero-order valence-corrected chi connectivity index (χ0v) is 14.8. The first-order valence-corrected chi connectivity index (χ1v) is 9.48.